The highest BCUT2D eigenvalue weighted by atomic mass is 32.2. The van der Waals surface area contributed by atoms with Crippen LogP contribution < -0.4 is 16.0 Å². The first-order chi connectivity index (χ1) is 21.3. The Kier molecular flexibility index (Phi) is 23.2. The first-order valence-electron chi connectivity index (χ1n) is 16.0. The molecule has 44 heavy (non-hydrogen) atoms. The fraction of sp³-hybridized carbons (Fsp3) is 0.688. The van der Waals surface area contributed by atoms with E-state index in [2.05, 4.69) is 29.8 Å². The van der Waals surface area contributed by atoms with Gasteiger partial charge in [0.15, 0.2) is 0 Å². The predicted octanol–water partition coefficient (Wildman–Crippen LogP) is 6.64. The van der Waals surface area contributed by atoms with Gasteiger partial charge in [-0.05, 0) is 18.4 Å². The van der Waals surface area contributed by atoms with Crippen LogP contribution in [-0.2, 0) is 25.6 Å². The van der Waals surface area contributed by atoms with Crippen molar-refractivity contribution in [3.8, 4) is 0 Å². The van der Waals surface area contributed by atoms with E-state index in [-0.39, 0.29) is 24.7 Å². The van der Waals surface area contributed by atoms with Crippen molar-refractivity contribution in [3.05, 3.63) is 35.9 Å². The van der Waals surface area contributed by atoms with Crippen LogP contribution in [0.25, 0.3) is 0 Å². The molecule has 0 radical (unpaired) electrons. The lowest BCUT2D eigenvalue weighted by Crippen LogP contribution is -2.43. The van der Waals surface area contributed by atoms with Crippen LogP contribution >= 0.6 is 11.8 Å². The molecule has 0 unspecified atom stereocenters. The molecule has 250 valence electrons. The predicted molar refractivity (Wildman–Crippen MR) is 173 cm³/mol. The van der Waals surface area contributed by atoms with Crippen LogP contribution in [0.2, 0.25) is 0 Å². The number of aliphatic carboxylic acids is 1. The van der Waals surface area contributed by atoms with Gasteiger partial charge >= 0.3 is 24.2 Å². The largest absolute Gasteiger partial charge is 0.480 e. The van der Waals surface area contributed by atoms with Crippen molar-refractivity contribution < 1.29 is 38.5 Å². The molecule has 1 aromatic rings. The number of thioether (sulfide) groups is 1. The zero-order valence-electron chi connectivity index (χ0n) is 26.5. The van der Waals surface area contributed by atoms with Gasteiger partial charge in [-0.2, -0.15) is 11.8 Å². The molecule has 2 atom stereocenters. The number of carboxylic acids is 1. The van der Waals surface area contributed by atoms with E-state index in [9.17, 15) is 24.3 Å². The van der Waals surface area contributed by atoms with Gasteiger partial charge in [-0.3, -0.25) is 0 Å². The molecule has 4 N–H and O–H groups in total. The minimum absolute atomic E-state index is 0.00812. The van der Waals surface area contributed by atoms with Gasteiger partial charge in [0.25, 0.3) is 0 Å². The Morgan fingerprint density at radius 3 is 1.89 bits per heavy atom. The van der Waals surface area contributed by atoms with Crippen molar-refractivity contribution >= 4 is 36.0 Å². The summed E-state index contributed by atoms with van der Waals surface area (Å²) in [4.78, 5) is 48.6. The SMILES string of the molecule is CCCCCCCCNC(=O)OC[C@H](CSC[C@H](NC(=O)OCc1ccccc1)C(=O)O)OC(=O)NCCCCCCCC. The van der Waals surface area contributed by atoms with E-state index in [0.29, 0.717) is 13.1 Å². The van der Waals surface area contributed by atoms with Crippen LogP contribution in [0.3, 0.4) is 0 Å². The van der Waals surface area contributed by atoms with Crippen LogP contribution in [0.1, 0.15) is 96.5 Å². The topological polar surface area (TPSA) is 152 Å². The average molecular weight is 640 g/mol. The lowest BCUT2D eigenvalue weighted by Gasteiger charge is -2.20. The number of rotatable bonds is 25. The van der Waals surface area contributed by atoms with Gasteiger partial charge in [-0.25, -0.2) is 19.2 Å². The average Bonchev–Trinajstić information content (AvgIpc) is 3.01. The van der Waals surface area contributed by atoms with Crippen molar-refractivity contribution in [1.29, 1.82) is 0 Å². The highest BCUT2D eigenvalue weighted by Crippen LogP contribution is 2.11. The molecule has 0 saturated carbocycles. The van der Waals surface area contributed by atoms with Gasteiger partial charge in [0.05, 0.1) is 0 Å². The van der Waals surface area contributed by atoms with Crippen molar-refractivity contribution in [3.63, 3.8) is 0 Å². The summed E-state index contributed by atoms with van der Waals surface area (Å²) in [7, 11) is 0. The van der Waals surface area contributed by atoms with Crippen LogP contribution in [0.5, 0.6) is 0 Å². The lowest BCUT2D eigenvalue weighted by atomic mass is 10.1. The van der Waals surface area contributed by atoms with Gasteiger partial charge in [-0.1, -0.05) is 108 Å². The maximum absolute atomic E-state index is 12.4. The summed E-state index contributed by atoms with van der Waals surface area (Å²) >= 11 is 1.15. The summed E-state index contributed by atoms with van der Waals surface area (Å²) in [5.41, 5.74) is 0.773. The summed E-state index contributed by atoms with van der Waals surface area (Å²) in [5, 5.41) is 17.4. The van der Waals surface area contributed by atoms with Gasteiger partial charge in [0.1, 0.15) is 25.4 Å². The van der Waals surface area contributed by atoms with E-state index in [4.69, 9.17) is 14.2 Å². The van der Waals surface area contributed by atoms with Gasteiger partial charge in [-0.15, -0.1) is 0 Å². The van der Waals surface area contributed by atoms with E-state index in [1.54, 1.807) is 12.1 Å². The summed E-state index contributed by atoms with van der Waals surface area (Å²) in [5.74, 6) is -1.09. The minimum atomic E-state index is -1.23. The Bertz CT molecular complexity index is 922. The summed E-state index contributed by atoms with van der Waals surface area (Å²) < 4.78 is 15.9. The summed E-state index contributed by atoms with van der Waals surface area (Å²) in [6.07, 6.45) is 10.2. The Hall–Kier alpha value is -3.15. The summed E-state index contributed by atoms with van der Waals surface area (Å²) in [6.45, 7) is 5.11. The van der Waals surface area contributed by atoms with E-state index in [1.807, 2.05) is 18.2 Å². The lowest BCUT2D eigenvalue weighted by molar-refractivity contribution is -0.138. The third-order valence-corrected chi connectivity index (χ3v) is 7.84. The zero-order valence-corrected chi connectivity index (χ0v) is 27.3. The summed E-state index contributed by atoms with van der Waals surface area (Å²) in [6, 6.07) is 7.81. The Labute approximate surface area is 266 Å². The highest BCUT2D eigenvalue weighted by molar-refractivity contribution is 7.99. The number of hydrogen-bond donors (Lipinski definition) is 4. The molecule has 0 aromatic heterocycles. The van der Waals surface area contributed by atoms with Crippen LogP contribution in [0, 0.1) is 0 Å². The third-order valence-electron chi connectivity index (χ3n) is 6.66. The van der Waals surface area contributed by atoms with Crippen LogP contribution in [0.15, 0.2) is 30.3 Å². The number of carboxylic acid groups (broad SMARTS) is 1. The van der Waals surface area contributed by atoms with E-state index in [1.165, 1.54) is 38.5 Å². The smallest absolute Gasteiger partial charge is 0.408 e. The number of ether oxygens (including phenoxy) is 3. The van der Waals surface area contributed by atoms with Crippen molar-refractivity contribution in [2.24, 2.45) is 0 Å². The molecule has 3 amide bonds. The Morgan fingerprint density at radius 1 is 0.727 bits per heavy atom. The second-order valence-electron chi connectivity index (χ2n) is 10.6. The second kappa shape index (κ2) is 26.3. The molecule has 1 rings (SSSR count). The molecule has 0 aliphatic heterocycles. The van der Waals surface area contributed by atoms with Crippen molar-refractivity contribution in [2.75, 3.05) is 31.2 Å². The fourth-order valence-electron chi connectivity index (χ4n) is 4.12. The molecule has 1 aromatic carbocycles. The van der Waals surface area contributed by atoms with Gasteiger partial charge in [0, 0.05) is 24.6 Å². The van der Waals surface area contributed by atoms with Crippen molar-refractivity contribution in [1.82, 2.24) is 16.0 Å². The maximum atomic E-state index is 12.4. The quantitative estimate of drug-likeness (QED) is 0.0681. The molecule has 0 aliphatic carbocycles. The van der Waals surface area contributed by atoms with E-state index >= 15 is 0 Å². The molecule has 0 saturated heterocycles. The molecule has 11 nitrogen and oxygen atoms in total. The van der Waals surface area contributed by atoms with Gasteiger partial charge in [0.2, 0.25) is 0 Å². The molecule has 0 aliphatic rings. The zero-order chi connectivity index (χ0) is 32.3. The number of nitrogens with one attached hydrogen (secondary N) is 3. The third kappa shape index (κ3) is 21.5. The fourth-order valence-corrected chi connectivity index (χ4v) is 5.14. The molecular formula is C32H53N3O8S. The number of amides is 3. The van der Waals surface area contributed by atoms with Crippen LogP contribution in [0.4, 0.5) is 14.4 Å². The van der Waals surface area contributed by atoms with Crippen LogP contribution in [-0.4, -0.2) is 72.7 Å². The number of carbonyl (C=O) groups excluding carboxylic acids is 3. The molecule has 0 spiro atoms. The first kappa shape index (κ1) is 38.9. The number of carbonyl (C=O) groups is 4. The monoisotopic (exact) mass is 639 g/mol. The Morgan fingerprint density at radius 2 is 1.30 bits per heavy atom. The van der Waals surface area contributed by atoms with Gasteiger partial charge < -0.3 is 35.3 Å². The maximum Gasteiger partial charge on any atom is 0.408 e. The van der Waals surface area contributed by atoms with Crippen molar-refractivity contribution in [2.45, 2.75) is 110 Å². The molecule has 0 heterocycles. The number of benzene rings is 1. The molecular weight excluding hydrogens is 586 g/mol. The van der Waals surface area contributed by atoms with E-state index in [0.717, 1.165) is 55.9 Å². The number of alkyl carbamates (subject to hydrolysis) is 3. The number of hydrogen-bond acceptors (Lipinski definition) is 8. The van der Waals surface area contributed by atoms with E-state index < -0.39 is 36.4 Å². The second-order valence-corrected chi connectivity index (χ2v) is 11.7. The standard InChI is InChI=1S/C32H53N3O8S/c1-3-5-7-9-11-16-20-33-30(38)42-23-27(43-31(39)34-21-17-12-10-8-6-4-2)24-44-25-28(29(36)37)35-32(40)41-22-26-18-14-13-15-19-26/h13-15,18-19,27-28H,3-12,16-17,20-25H2,1-2H3,(H,33,38)(H,34,39)(H,35,40)(H,36,37)/t27-,28+/m1/s1. The Balaban J connectivity index is 2.52. The number of unbranched alkanes of at least 4 members (excludes halogenated alkanes) is 10. The molecule has 12 heteroatoms. The highest BCUT2D eigenvalue weighted by Gasteiger charge is 2.23. The first-order valence-corrected chi connectivity index (χ1v) is 17.1. The molecule has 0 bridgehead atoms. The minimum Gasteiger partial charge on any atom is -0.480 e. The normalized spacial score (nSPS) is 12.0. The molecule has 0 fully saturated rings.